The molecule has 0 N–H and O–H groups in total. The number of hydrogen-bond donors (Lipinski definition) is 0. The van der Waals surface area contributed by atoms with Crippen LogP contribution in [0.15, 0.2) is 0 Å². The van der Waals surface area contributed by atoms with E-state index in [9.17, 15) is 9.59 Å². The largest absolute Gasteiger partial charge is 0.463 e. The van der Waals surface area contributed by atoms with Gasteiger partial charge in [0.05, 0.1) is 6.61 Å². The van der Waals surface area contributed by atoms with Crippen LogP contribution in [0.4, 0.5) is 0 Å². The predicted molar refractivity (Wildman–Crippen MR) is 42.5 cm³/mol. The molecule has 1 aliphatic carbocycles. The van der Waals surface area contributed by atoms with Gasteiger partial charge in [0.25, 0.3) is 0 Å². The highest BCUT2D eigenvalue weighted by atomic mass is 16.6. The Morgan fingerprint density at radius 3 is 2.38 bits per heavy atom. The van der Waals surface area contributed by atoms with E-state index in [0.29, 0.717) is 12.8 Å². The summed E-state index contributed by atoms with van der Waals surface area (Å²) < 4.78 is 9.57. The number of carbonyl (C=O) groups is 2. The molecule has 0 atom stereocenters. The van der Waals surface area contributed by atoms with Gasteiger partial charge in [0.2, 0.25) is 0 Å². The number of rotatable bonds is 5. The molecule has 0 amide bonds. The van der Waals surface area contributed by atoms with Crippen LogP contribution in [0.5, 0.6) is 0 Å². The maximum Gasteiger partial charge on any atom is 0.338 e. The third kappa shape index (κ3) is 2.52. The summed E-state index contributed by atoms with van der Waals surface area (Å²) in [7, 11) is 0. The van der Waals surface area contributed by atoms with Gasteiger partial charge in [-0.05, 0) is 12.8 Å². The highest BCUT2D eigenvalue weighted by molar-refractivity contribution is 5.86. The third-order valence-corrected chi connectivity index (χ3v) is 1.78. The summed E-state index contributed by atoms with van der Waals surface area (Å²) >= 11 is 0. The molecule has 0 bridgehead atoms. The Balaban J connectivity index is 2.38. The molecule has 1 rings (SSSR count). The highest BCUT2D eigenvalue weighted by Gasteiger charge is 2.53. The molecule has 4 nitrogen and oxygen atoms in total. The molecule has 0 heterocycles. The molecule has 0 saturated heterocycles. The molecule has 70 valence electrons. The standard InChI is InChI=1S/C9H10O4/c1-3-12-8(11)9(4-5-9)13-6-7(2)10/h1-2H,3-6H2. The Labute approximate surface area is 77.2 Å². The van der Waals surface area contributed by atoms with Crippen molar-refractivity contribution in [3.8, 4) is 0 Å². The van der Waals surface area contributed by atoms with Crippen molar-refractivity contribution >= 4 is 11.8 Å². The summed E-state index contributed by atoms with van der Waals surface area (Å²) in [6.07, 6.45) is 1.11. The van der Waals surface area contributed by atoms with Crippen LogP contribution in [-0.2, 0) is 19.1 Å². The van der Waals surface area contributed by atoms with Crippen LogP contribution in [0.1, 0.15) is 12.8 Å². The van der Waals surface area contributed by atoms with E-state index in [0.717, 1.165) is 0 Å². The molecular formula is C9H10O4. The fraction of sp³-hybridized carbons (Fsp3) is 0.556. The molecule has 4 radical (unpaired) electrons. The van der Waals surface area contributed by atoms with Gasteiger partial charge in [-0.15, -0.1) is 0 Å². The lowest BCUT2D eigenvalue weighted by Gasteiger charge is -2.13. The topological polar surface area (TPSA) is 52.6 Å². The van der Waals surface area contributed by atoms with Crippen LogP contribution in [0.3, 0.4) is 0 Å². The van der Waals surface area contributed by atoms with Crippen LogP contribution in [0.25, 0.3) is 0 Å². The smallest absolute Gasteiger partial charge is 0.338 e. The molecule has 0 aromatic heterocycles. The molecule has 0 aromatic carbocycles. The van der Waals surface area contributed by atoms with Crippen molar-refractivity contribution in [2.24, 2.45) is 0 Å². The van der Waals surface area contributed by atoms with E-state index in [-0.39, 0.29) is 13.2 Å². The van der Waals surface area contributed by atoms with Crippen LogP contribution in [0.2, 0.25) is 0 Å². The molecular weight excluding hydrogens is 172 g/mol. The average Bonchev–Trinajstić information content (AvgIpc) is 2.82. The van der Waals surface area contributed by atoms with Crippen molar-refractivity contribution in [3.05, 3.63) is 13.8 Å². The van der Waals surface area contributed by atoms with Crippen molar-refractivity contribution in [2.45, 2.75) is 18.4 Å². The SMILES string of the molecule is [CH]COC(=O)C1(OCC([CH])=O)CC1. The molecule has 1 aliphatic rings. The Hall–Kier alpha value is -0.900. The third-order valence-electron chi connectivity index (χ3n) is 1.78. The molecule has 0 aliphatic heterocycles. The van der Waals surface area contributed by atoms with Crippen LogP contribution >= 0.6 is 0 Å². The lowest BCUT2D eigenvalue weighted by Crippen LogP contribution is -2.30. The summed E-state index contributed by atoms with van der Waals surface area (Å²) in [6, 6.07) is 0. The van der Waals surface area contributed by atoms with Gasteiger partial charge in [0.1, 0.15) is 6.61 Å². The molecule has 4 heteroatoms. The molecule has 13 heavy (non-hydrogen) atoms. The number of Topliss-reactive ketones (excluding diaryl/α,β-unsaturated/α-hetero) is 1. The second-order valence-electron chi connectivity index (χ2n) is 2.85. The minimum Gasteiger partial charge on any atom is -0.463 e. The second-order valence-corrected chi connectivity index (χ2v) is 2.85. The minimum atomic E-state index is -0.950. The number of ketones is 1. The zero-order chi connectivity index (χ0) is 9.90. The number of hydrogen-bond acceptors (Lipinski definition) is 4. The molecule has 0 spiro atoms. The summed E-state index contributed by atoms with van der Waals surface area (Å²) in [4.78, 5) is 21.5. The van der Waals surface area contributed by atoms with E-state index < -0.39 is 17.4 Å². The van der Waals surface area contributed by atoms with Gasteiger partial charge in [0, 0.05) is 13.8 Å². The summed E-state index contributed by atoms with van der Waals surface area (Å²) in [6.45, 7) is 9.44. The zero-order valence-corrected chi connectivity index (χ0v) is 7.12. The monoisotopic (exact) mass is 182 g/mol. The first kappa shape index (κ1) is 10.2. The van der Waals surface area contributed by atoms with Gasteiger partial charge in [-0.25, -0.2) is 4.79 Å². The van der Waals surface area contributed by atoms with Crippen molar-refractivity contribution in [3.63, 3.8) is 0 Å². The molecule has 0 unspecified atom stereocenters. The van der Waals surface area contributed by atoms with Crippen LogP contribution < -0.4 is 0 Å². The molecule has 1 saturated carbocycles. The van der Waals surface area contributed by atoms with Gasteiger partial charge in [-0.3, -0.25) is 4.79 Å². The van der Waals surface area contributed by atoms with E-state index in [1.54, 1.807) is 0 Å². The minimum absolute atomic E-state index is 0.180. The number of ether oxygens (including phenoxy) is 2. The molecule has 0 aromatic rings. The van der Waals surface area contributed by atoms with Crippen molar-refractivity contribution in [1.82, 2.24) is 0 Å². The van der Waals surface area contributed by atoms with Gasteiger partial charge in [0.15, 0.2) is 11.4 Å². The van der Waals surface area contributed by atoms with Gasteiger partial charge in [-0.2, -0.15) is 0 Å². The van der Waals surface area contributed by atoms with E-state index in [4.69, 9.17) is 18.6 Å². The number of carbonyl (C=O) groups excluding carboxylic acids is 2. The lowest BCUT2D eigenvalue weighted by atomic mass is 10.3. The Kier molecular flexibility index (Phi) is 3.03. The quantitative estimate of drug-likeness (QED) is 0.564. The first-order valence-electron chi connectivity index (χ1n) is 3.90. The van der Waals surface area contributed by atoms with Gasteiger partial charge in [-0.1, -0.05) is 0 Å². The fourth-order valence-electron chi connectivity index (χ4n) is 0.937. The average molecular weight is 182 g/mol. The predicted octanol–water partition coefficient (Wildman–Crippen LogP) is 0.0701. The maximum absolute atomic E-state index is 11.2. The van der Waals surface area contributed by atoms with Crippen molar-refractivity contribution in [1.29, 1.82) is 0 Å². The van der Waals surface area contributed by atoms with E-state index >= 15 is 0 Å². The second kappa shape index (κ2) is 3.87. The van der Waals surface area contributed by atoms with Gasteiger partial charge >= 0.3 is 5.97 Å². The van der Waals surface area contributed by atoms with E-state index in [1.807, 2.05) is 0 Å². The summed E-state index contributed by atoms with van der Waals surface area (Å²) in [5.74, 6) is -1.12. The Morgan fingerprint density at radius 1 is 1.38 bits per heavy atom. The van der Waals surface area contributed by atoms with Crippen molar-refractivity contribution in [2.75, 3.05) is 13.2 Å². The summed E-state index contributed by atoms with van der Waals surface area (Å²) in [5.41, 5.74) is -0.950. The number of esters is 1. The highest BCUT2D eigenvalue weighted by Crippen LogP contribution is 2.40. The lowest BCUT2D eigenvalue weighted by molar-refractivity contribution is -0.160. The Bertz CT molecular complexity index is 218. The van der Waals surface area contributed by atoms with Gasteiger partial charge < -0.3 is 9.47 Å². The fourth-order valence-corrected chi connectivity index (χ4v) is 0.937. The first-order chi connectivity index (χ1) is 6.10. The van der Waals surface area contributed by atoms with Crippen LogP contribution in [-0.4, -0.2) is 30.6 Å². The summed E-state index contributed by atoms with van der Waals surface area (Å²) in [5, 5.41) is 0. The van der Waals surface area contributed by atoms with Crippen LogP contribution in [0, 0.1) is 13.8 Å². The first-order valence-corrected chi connectivity index (χ1v) is 3.90. The molecule has 1 fully saturated rings. The maximum atomic E-state index is 11.2. The normalized spacial score (nSPS) is 18.0. The zero-order valence-electron chi connectivity index (χ0n) is 7.12. The Morgan fingerprint density at radius 2 is 2.00 bits per heavy atom. The van der Waals surface area contributed by atoms with E-state index in [1.165, 1.54) is 0 Å². The van der Waals surface area contributed by atoms with E-state index in [2.05, 4.69) is 4.74 Å². The van der Waals surface area contributed by atoms with Crippen molar-refractivity contribution < 1.29 is 19.1 Å².